The summed E-state index contributed by atoms with van der Waals surface area (Å²) in [7, 11) is -2.21. The van der Waals surface area contributed by atoms with Gasteiger partial charge in [0, 0.05) is 42.2 Å². The number of fused-ring (bicyclic) bond motifs is 1. The first kappa shape index (κ1) is 48.8. The quantitative estimate of drug-likeness (QED) is 0.0451. The van der Waals surface area contributed by atoms with Crippen LogP contribution < -0.4 is 25.8 Å². The molecule has 0 aliphatic heterocycles. The second kappa shape index (κ2) is 21.1. The molecule has 5 aromatic rings. The zero-order chi connectivity index (χ0) is 46.9. The largest absolute Gasteiger partial charge is 0.506 e. The molecule has 0 bridgehead atoms. The number of nitrogens with one attached hydrogen (secondary N) is 3. The predicted octanol–water partition coefficient (Wildman–Crippen LogP) is 11.5. The number of carbonyl (C=O) groups is 2. The van der Waals surface area contributed by atoms with Crippen molar-refractivity contribution in [2.45, 2.75) is 135 Å². The Morgan fingerprint density at radius 3 is 2.22 bits per heavy atom. The van der Waals surface area contributed by atoms with Crippen LogP contribution in [0.5, 0.6) is 11.5 Å². The molecule has 0 spiro atoms. The number of phenolic OH excluding ortho intramolecular Hbond substituents is 1. The average Bonchev–Trinajstić information content (AvgIpc) is 3.24. The van der Waals surface area contributed by atoms with Crippen LogP contribution in [0.4, 0.5) is 15.3 Å². The number of ether oxygens (including phenoxy) is 2. The summed E-state index contributed by atoms with van der Waals surface area (Å²) in [5.74, 6) is 0.830. The Labute approximate surface area is 384 Å². The van der Waals surface area contributed by atoms with Crippen LogP contribution in [0.2, 0.25) is 18.1 Å². The molecule has 5 N–H and O–H groups in total. The van der Waals surface area contributed by atoms with E-state index in [0.29, 0.717) is 56.6 Å². The van der Waals surface area contributed by atoms with Gasteiger partial charge >= 0.3 is 12.2 Å². The van der Waals surface area contributed by atoms with Crippen LogP contribution in [-0.4, -0.2) is 66.5 Å². The lowest BCUT2D eigenvalue weighted by atomic mass is 9.89. The third-order valence-corrected chi connectivity index (χ3v) is 17.1. The maximum atomic E-state index is 12.9. The van der Waals surface area contributed by atoms with Gasteiger partial charge in [-0.15, -0.1) is 0 Å². The zero-order valence-corrected chi connectivity index (χ0v) is 40.3. The van der Waals surface area contributed by atoms with E-state index >= 15 is 0 Å². The van der Waals surface area contributed by atoms with Crippen molar-refractivity contribution in [3.05, 3.63) is 124 Å². The summed E-state index contributed by atoms with van der Waals surface area (Å²) < 4.78 is 18.5. The van der Waals surface area contributed by atoms with E-state index in [-0.39, 0.29) is 34.5 Å². The van der Waals surface area contributed by atoms with Crippen LogP contribution in [0.3, 0.4) is 0 Å². The minimum absolute atomic E-state index is 0.0154. The standard InChI is InChI=1S/C52H68N4O8Si/c1-51(2,3)63-49(59)54-38-20-22-39(23-21-38)56(50(60)61)44-28-19-35(32-43(44)37-15-10-9-11-16-37)14-12-13-31-62-40-24-17-36(18-25-40)33-53-34-46(64-65(7,8)52(4,5)6)41-26-29-45(57)48-42(41)27-30-47(58)55-48/h9-11,15-19,24-30,32,38-39,46,53,57H,12-14,20-23,31,33-34H2,1-8H3,(H,54,59)(H,55,58)(H,60,61)/t38-,39-,46-/m0/s1. The lowest BCUT2D eigenvalue weighted by Gasteiger charge is -2.39. The molecule has 1 atom stereocenters. The van der Waals surface area contributed by atoms with Crippen LogP contribution in [0.25, 0.3) is 22.0 Å². The number of aromatic hydroxyl groups is 1. The molecule has 6 rings (SSSR count). The maximum absolute atomic E-state index is 12.9. The Kier molecular flexibility index (Phi) is 15.9. The Morgan fingerprint density at radius 1 is 0.862 bits per heavy atom. The van der Waals surface area contributed by atoms with Crippen molar-refractivity contribution in [2.24, 2.45) is 0 Å². The van der Waals surface area contributed by atoms with Gasteiger partial charge in [0.15, 0.2) is 8.32 Å². The number of aryl methyl sites for hydroxylation is 1. The maximum Gasteiger partial charge on any atom is 0.412 e. The number of amides is 2. The molecule has 1 aromatic heterocycles. The van der Waals surface area contributed by atoms with E-state index in [1.807, 2.05) is 81.4 Å². The van der Waals surface area contributed by atoms with Crippen LogP contribution in [0.15, 0.2) is 102 Å². The highest BCUT2D eigenvalue weighted by molar-refractivity contribution is 6.74. The van der Waals surface area contributed by atoms with Gasteiger partial charge in [0.25, 0.3) is 0 Å². The molecular formula is C52H68N4O8Si. The number of rotatable bonds is 17. The van der Waals surface area contributed by atoms with Crippen LogP contribution in [0, 0.1) is 0 Å². The zero-order valence-electron chi connectivity index (χ0n) is 39.3. The van der Waals surface area contributed by atoms with Gasteiger partial charge in [-0.2, -0.15) is 0 Å². The number of aromatic amines is 1. The van der Waals surface area contributed by atoms with Gasteiger partial charge in [-0.3, -0.25) is 9.69 Å². The number of aromatic nitrogens is 1. The van der Waals surface area contributed by atoms with Gasteiger partial charge in [-0.25, -0.2) is 9.59 Å². The molecule has 1 fully saturated rings. The third-order valence-electron chi connectivity index (χ3n) is 12.6. The van der Waals surface area contributed by atoms with Crippen LogP contribution in [0.1, 0.15) is 103 Å². The van der Waals surface area contributed by atoms with Gasteiger partial charge in [0.1, 0.15) is 17.1 Å². The van der Waals surface area contributed by atoms with E-state index in [1.54, 1.807) is 12.1 Å². The highest BCUT2D eigenvalue weighted by Crippen LogP contribution is 2.41. The number of hydrogen-bond donors (Lipinski definition) is 5. The second-order valence-corrected chi connectivity index (χ2v) is 24.5. The number of alkyl carbamates (subject to hydrolysis) is 1. The molecular weight excluding hydrogens is 837 g/mol. The molecule has 1 aliphatic rings. The number of unbranched alkanes of at least 4 members (excludes halogenated alkanes) is 1. The molecule has 1 heterocycles. The van der Waals surface area contributed by atoms with Gasteiger partial charge in [0.05, 0.1) is 23.9 Å². The highest BCUT2D eigenvalue weighted by atomic mass is 28.4. The third kappa shape index (κ3) is 13.2. The summed E-state index contributed by atoms with van der Waals surface area (Å²) in [4.78, 5) is 41.7. The molecule has 1 saturated carbocycles. The molecule has 1 aliphatic carbocycles. The monoisotopic (exact) mass is 904 g/mol. The van der Waals surface area contributed by atoms with Crippen molar-refractivity contribution in [2.75, 3.05) is 18.1 Å². The minimum Gasteiger partial charge on any atom is -0.506 e. The van der Waals surface area contributed by atoms with E-state index in [4.69, 9.17) is 13.9 Å². The van der Waals surface area contributed by atoms with E-state index in [9.17, 15) is 24.6 Å². The first-order valence-electron chi connectivity index (χ1n) is 22.9. The molecule has 12 nitrogen and oxygen atoms in total. The predicted molar refractivity (Wildman–Crippen MR) is 262 cm³/mol. The van der Waals surface area contributed by atoms with Crippen molar-refractivity contribution in [3.63, 3.8) is 0 Å². The lowest BCUT2D eigenvalue weighted by molar-refractivity contribution is 0.0490. The highest BCUT2D eigenvalue weighted by Gasteiger charge is 2.40. The Hall–Kier alpha value is -5.63. The Morgan fingerprint density at radius 2 is 1.55 bits per heavy atom. The summed E-state index contributed by atoms with van der Waals surface area (Å²) in [5, 5.41) is 28.4. The fourth-order valence-electron chi connectivity index (χ4n) is 8.17. The normalized spacial score (nSPS) is 16.2. The number of hydrogen-bond acceptors (Lipinski definition) is 8. The average molecular weight is 905 g/mol. The van der Waals surface area contributed by atoms with E-state index in [1.165, 1.54) is 11.0 Å². The summed E-state index contributed by atoms with van der Waals surface area (Å²) >= 11 is 0. The van der Waals surface area contributed by atoms with Crippen molar-refractivity contribution in [1.82, 2.24) is 15.6 Å². The van der Waals surface area contributed by atoms with Crippen molar-refractivity contribution in [1.29, 1.82) is 0 Å². The number of phenols is 1. The van der Waals surface area contributed by atoms with Crippen molar-refractivity contribution < 1.29 is 33.7 Å². The topological polar surface area (TPSA) is 162 Å². The molecule has 0 unspecified atom stereocenters. The number of nitrogens with zero attached hydrogens (tertiary/aromatic N) is 1. The Bertz CT molecular complexity index is 2430. The summed E-state index contributed by atoms with van der Waals surface area (Å²) in [6.45, 7) is 18.3. The molecule has 2 amide bonds. The number of pyridine rings is 1. The Balaban J connectivity index is 1.02. The van der Waals surface area contributed by atoms with Gasteiger partial charge in [0.2, 0.25) is 5.56 Å². The molecule has 13 heteroatoms. The minimum atomic E-state index is -2.21. The first-order chi connectivity index (χ1) is 30.8. The number of H-pyrrole nitrogens is 1. The van der Waals surface area contributed by atoms with Gasteiger partial charge in [-0.05, 0) is 143 Å². The molecule has 348 valence electrons. The smallest absolute Gasteiger partial charge is 0.412 e. The van der Waals surface area contributed by atoms with Gasteiger partial charge < -0.3 is 39.7 Å². The number of carboxylic acid groups (broad SMARTS) is 1. The number of carbonyl (C=O) groups excluding carboxylic acids is 1. The molecule has 4 aromatic carbocycles. The second-order valence-electron chi connectivity index (χ2n) is 19.8. The van der Waals surface area contributed by atoms with E-state index < -0.39 is 26.1 Å². The number of benzene rings is 4. The summed E-state index contributed by atoms with van der Waals surface area (Å²) in [5.41, 5.74) is 5.21. The fraction of sp³-hybridized carbons (Fsp3) is 0.442. The molecule has 0 radical (unpaired) electrons. The van der Waals surface area contributed by atoms with Crippen LogP contribution in [-0.2, 0) is 22.1 Å². The molecule has 0 saturated heterocycles. The summed E-state index contributed by atoms with van der Waals surface area (Å²) in [6, 6.07) is 30.6. The lowest BCUT2D eigenvalue weighted by Crippen LogP contribution is -2.47. The van der Waals surface area contributed by atoms with Crippen molar-refractivity contribution in [3.8, 4) is 22.6 Å². The summed E-state index contributed by atoms with van der Waals surface area (Å²) in [6.07, 6.45) is 3.42. The first-order valence-corrected chi connectivity index (χ1v) is 25.8. The van der Waals surface area contributed by atoms with E-state index in [0.717, 1.165) is 58.2 Å². The van der Waals surface area contributed by atoms with E-state index in [2.05, 4.69) is 67.7 Å². The fourth-order valence-corrected chi connectivity index (χ4v) is 9.44. The SMILES string of the molecule is CC(C)(C)OC(=O)N[C@H]1CC[C@H](N(C(=O)O)c2ccc(CCCCOc3ccc(CNC[C@H](O[Si](C)(C)C(C)(C)C)c4ccc(O)c5[nH]c(=O)ccc45)cc3)cc2-c2ccccc2)CC1. The number of anilines is 1. The molecule has 65 heavy (non-hydrogen) atoms. The van der Waals surface area contributed by atoms with Gasteiger partial charge in [-0.1, -0.05) is 75.4 Å². The van der Waals surface area contributed by atoms with Crippen molar-refractivity contribution >= 4 is 37.1 Å². The van der Waals surface area contributed by atoms with Crippen LogP contribution >= 0.6 is 0 Å².